The highest BCUT2D eigenvalue weighted by atomic mass is 32.2. The molecule has 0 heterocycles. The van der Waals surface area contributed by atoms with Crippen molar-refractivity contribution in [1.29, 1.82) is 0 Å². The zero-order valence-corrected chi connectivity index (χ0v) is 12.8. The zero-order valence-electron chi connectivity index (χ0n) is 12.0. The summed E-state index contributed by atoms with van der Waals surface area (Å²) in [6.45, 7) is 4.56. The molecular weight excluding hydrogens is 246 g/mol. The Morgan fingerprint density at radius 2 is 2.22 bits per heavy atom. The minimum atomic E-state index is -0.414. The topological polar surface area (TPSA) is 38.3 Å². The third-order valence-corrected chi connectivity index (χ3v) is 5.09. The summed E-state index contributed by atoms with van der Waals surface area (Å²) < 4.78 is 5.27. The molecule has 0 aromatic rings. The van der Waals surface area contributed by atoms with E-state index in [1.54, 1.807) is 0 Å². The summed E-state index contributed by atoms with van der Waals surface area (Å²) in [5.41, 5.74) is -0.414. The molecular formula is C14H27NO2S. The van der Waals surface area contributed by atoms with Gasteiger partial charge in [0, 0.05) is 0 Å². The molecule has 0 spiro atoms. The third kappa shape index (κ3) is 3.64. The van der Waals surface area contributed by atoms with E-state index in [2.05, 4.69) is 12.2 Å². The van der Waals surface area contributed by atoms with Gasteiger partial charge >= 0.3 is 5.97 Å². The molecule has 0 bridgehead atoms. The van der Waals surface area contributed by atoms with Gasteiger partial charge in [-0.25, -0.2) is 0 Å². The molecule has 3 nitrogen and oxygen atoms in total. The third-order valence-electron chi connectivity index (χ3n) is 3.87. The second kappa shape index (κ2) is 8.05. The fourth-order valence-corrected chi connectivity index (χ4v) is 3.84. The molecule has 0 aromatic heterocycles. The van der Waals surface area contributed by atoms with Crippen molar-refractivity contribution in [1.82, 2.24) is 5.32 Å². The highest BCUT2D eigenvalue weighted by Gasteiger charge is 2.48. The van der Waals surface area contributed by atoms with Crippen molar-refractivity contribution >= 4 is 17.7 Å². The van der Waals surface area contributed by atoms with Gasteiger partial charge in [0.1, 0.15) is 5.54 Å². The number of esters is 1. The molecule has 0 aromatic carbocycles. The first-order chi connectivity index (χ1) is 8.71. The van der Waals surface area contributed by atoms with Gasteiger partial charge in [0.05, 0.1) is 6.61 Å². The highest BCUT2D eigenvalue weighted by molar-refractivity contribution is 7.99. The van der Waals surface area contributed by atoms with Gasteiger partial charge in [-0.15, -0.1) is 0 Å². The van der Waals surface area contributed by atoms with Crippen molar-refractivity contribution in [2.75, 3.05) is 25.2 Å². The fraction of sp³-hybridized carbons (Fsp3) is 0.929. The van der Waals surface area contributed by atoms with Crippen LogP contribution in [0.5, 0.6) is 0 Å². The van der Waals surface area contributed by atoms with Crippen LogP contribution >= 0.6 is 11.8 Å². The Labute approximate surface area is 115 Å². The summed E-state index contributed by atoms with van der Waals surface area (Å²) in [5, 5.41) is 3.27. The lowest BCUT2D eigenvalue weighted by molar-refractivity contribution is -0.152. The fourth-order valence-electron chi connectivity index (χ4n) is 2.90. The van der Waals surface area contributed by atoms with Gasteiger partial charge in [-0.05, 0) is 57.1 Å². The van der Waals surface area contributed by atoms with Crippen LogP contribution in [0.3, 0.4) is 0 Å². The summed E-state index contributed by atoms with van der Waals surface area (Å²) in [4.78, 5) is 12.2. The maximum absolute atomic E-state index is 12.2. The lowest BCUT2D eigenvalue weighted by Gasteiger charge is -2.32. The Kier molecular flexibility index (Phi) is 7.08. The summed E-state index contributed by atoms with van der Waals surface area (Å²) in [6.07, 6.45) is 5.54. The van der Waals surface area contributed by atoms with Crippen molar-refractivity contribution in [2.45, 2.75) is 51.5 Å². The summed E-state index contributed by atoms with van der Waals surface area (Å²) in [5.74, 6) is 2.77. The zero-order chi connectivity index (χ0) is 13.4. The van der Waals surface area contributed by atoms with Crippen molar-refractivity contribution < 1.29 is 9.53 Å². The Morgan fingerprint density at radius 1 is 1.44 bits per heavy atom. The predicted molar refractivity (Wildman–Crippen MR) is 78.0 cm³/mol. The van der Waals surface area contributed by atoms with Crippen LogP contribution in [-0.2, 0) is 9.53 Å². The summed E-state index contributed by atoms with van der Waals surface area (Å²) in [7, 11) is 1.90. The van der Waals surface area contributed by atoms with E-state index in [-0.39, 0.29) is 5.97 Å². The molecule has 1 fully saturated rings. The highest BCUT2D eigenvalue weighted by Crippen LogP contribution is 2.39. The van der Waals surface area contributed by atoms with Crippen LogP contribution in [0.4, 0.5) is 0 Å². The number of hydrogen-bond acceptors (Lipinski definition) is 4. The van der Waals surface area contributed by atoms with E-state index in [1.165, 1.54) is 12.2 Å². The average molecular weight is 273 g/mol. The Hall–Kier alpha value is -0.220. The quantitative estimate of drug-likeness (QED) is 0.545. The predicted octanol–water partition coefficient (Wildman–Crippen LogP) is 2.84. The van der Waals surface area contributed by atoms with Gasteiger partial charge in [0.25, 0.3) is 0 Å². The maximum Gasteiger partial charge on any atom is 0.326 e. The first-order valence-corrected chi connectivity index (χ1v) is 8.30. The number of carbonyl (C=O) groups is 1. The number of ether oxygens (including phenoxy) is 1. The van der Waals surface area contributed by atoms with E-state index in [0.29, 0.717) is 12.5 Å². The molecule has 0 amide bonds. The van der Waals surface area contributed by atoms with Gasteiger partial charge in [-0.2, -0.15) is 11.8 Å². The van der Waals surface area contributed by atoms with E-state index < -0.39 is 5.54 Å². The number of rotatable bonds is 8. The number of likely N-dealkylation sites (N-methyl/N-ethyl adjacent to an activating group) is 1. The second-order valence-electron chi connectivity index (χ2n) is 4.93. The summed E-state index contributed by atoms with van der Waals surface area (Å²) >= 11 is 2.00. The van der Waals surface area contributed by atoms with Crippen LogP contribution in [0.15, 0.2) is 0 Å². The van der Waals surface area contributed by atoms with Gasteiger partial charge < -0.3 is 10.1 Å². The van der Waals surface area contributed by atoms with Crippen LogP contribution in [-0.4, -0.2) is 36.7 Å². The molecule has 0 saturated heterocycles. The molecule has 2 atom stereocenters. The Morgan fingerprint density at radius 3 is 2.83 bits per heavy atom. The van der Waals surface area contributed by atoms with Gasteiger partial charge in [-0.3, -0.25) is 4.79 Å². The molecule has 4 heteroatoms. The van der Waals surface area contributed by atoms with Crippen molar-refractivity contribution in [2.24, 2.45) is 5.92 Å². The minimum Gasteiger partial charge on any atom is -0.465 e. The second-order valence-corrected chi connectivity index (χ2v) is 6.16. The van der Waals surface area contributed by atoms with Crippen LogP contribution < -0.4 is 5.32 Å². The SMILES string of the molecule is CCCSCCC1CCCC1(NC)C(=O)OCC. The molecule has 1 N–H and O–H groups in total. The molecule has 1 aliphatic carbocycles. The largest absolute Gasteiger partial charge is 0.465 e. The lowest BCUT2D eigenvalue weighted by atomic mass is 9.85. The number of nitrogens with one attached hydrogen (secondary N) is 1. The molecule has 1 saturated carbocycles. The van der Waals surface area contributed by atoms with E-state index in [9.17, 15) is 4.79 Å². The van der Waals surface area contributed by atoms with Crippen molar-refractivity contribution in [3.8, 4) is 0 Å². The van der Waals surface area contributed by atoms with Gasteiger partial charge in [0.2, 0.25) is 0 Å². The van der Waals surface area contributed by atoms with Crippen LogP contribution in [0, 0.1) is 5.92 Å². The Bertz CT molecular complexity index is 260. The van der Waals surface area contributed by atoms with E-state index in [1.807, 2.05) is 25.7 Å². The molecule has 106 valence electrons. The molecule has 1 rings (SSSR count). The number of hydrogen-bond donors (Lipinski definition) is 1. The summed E-state index contributed by atoms with van der Waals surface area (Å²) in [6, 6.07) is 0. The molecule has 2 unspecified atom stereocenters. The lowest BCUT2D eigenvalue weighted by Crippen LogP contribution is -2.54. The average Bonchev–Trinajstić information content (AvgIpc) is 2.79. The van der Waals surface area contributed by atoms with Gasteiger partial charge in [0.15, 0.2) is 0 Å². The molecule has 18 heavy (non-hydrogen) atoms. The first-order valence-electron chi connectivity index (χ1n) is 7.15. The van der Waals surface area contributed by atoms with Crippen LogP contribution in [0.2, 0.25) is 0 Å². The van der Waals surface area contributed by atoms with E-state index in [0.717, 1.165) is 31.4 Å². The Balaban J connectivity index is 2.56. The smallest absolute Gasteiger partial charge is 0.326 e. The molecule has 1 aliphatic rings. The van der Waals surface area contributed by atoms with E-state index >= 15 is 0 Å². The number of thioether (sulfide) groups is 1. The van der Waals surface area contributed by atoms with E-state index in [4.69, 9.17) is 4.74 Å². The maximum atomic E-state index is 12.2. The first kappa shape index (κ1) is 15.8. The standard InChI is InChI=1S/C14H27NO2S/c1-4-10-18-11-8-12-7-6-9-14(12,15-3)13(16)17-5-2/h12,15H,4-11H2,1-3H3. The molecule has 0 radical (unpaired) electrons. The van der Waals surface area contributed by atoms with Crippen molar-refractivity contribution in [3.63, 3.8) is 0 Å². The minimum absolute atomic E-state index is 0.0458. The van der Waals surface area contributed by atoms with Gasteiger partial charge in [-0.1, -0.05) is 13.3 Å². The normalized spacial score (nSPS) is 27.4. The van der Waals surface area contributed by atoms with Crippen LogP contribution in [0.1, 0.15) is 46.0 Å². The van der Waals surface area contributed by atoms with Crippen LogP contribution in [0.25, 0.3) is 0 Å². The number of carbonyl (C=O) groups excluding carboxylic acids is 1. The van der Waals surface area contributed by atoms with Crippen molar-refractivity contribution in [3.05, 3.63) is 0 Å². The monoisotopic (exact) mass is 273 g/mol. The molecule has 0 aliphatic heterocycles.